The van der Waals surface area contributed by atoms with E-state index in [1.807, 2.05) is 6.92 Å². The highest BCUT2D eigenvalue weighted by Gasteiger charge is 2.24. The van der Waals surface area contributed by atoms with E-state index in [9.17, 15) is 0 Å². The summed E-state index contributed by atoms with van der Waals surface area (Å²) in [6, 6.07) is 11.6. The summed E-state index contributed by atoms with van der Waals surface area (Å²) >= 11 is 0. The number of hydroxylamine groups is 1. The van der Waals surface area contributed by atoms with Gasteiger partial charge >= 0.3 is 0 Å². The van der Waals surface area contributed by atoms with Gasteiger partial charge in [-0.05, 0) is 45.7 Å². The summed E-state index contributed by atoms with van der Waals surface area (Å²) in [5.41, 5.74) is 3.73. The molecule has 0 radical (unpaired) electrons. The first-order chi connectivity index (χ1) is 13.1. The summed E-state index contributed by atoms with van der Waals surface area (Å²) in [5, 5.41) is 12.5. The molecular weight excluding hydrogens is 336 g/mol. The molecule has 1 aliphatic rings. The average Bonchev–Trinajstić information content (AvgIpc) is 2.72. The Morgan fingerprint density at radius 1 is 0.889 bits per heavy atom. The first-order valence-corrected chi connectivity index (χ1v) is 10.8. The summed E-state index contributed by atoms with van der Waals surface area (Å²) in [7, 11) is 0. The van der Waals surface area contributed by atoms with Crippen LogP contribution in [0.5, 0.6) is 0 Å². The van der Waals surface area contributed by atoms with Crippen LogP contribution in [0.1, 0.15) is 64.5 Å². The molecule has 5 nitrogen and oxygen atoms in total. The van der Waals surface area contributed by atoms with Crippen LogP contribution in [0.4, 0.5) is 0 Å². The summed E-state index contributed by atoms with van der Waals surface area (Å²) < 4.78 is 0. The van der Waals surface area contributed by atoms with Gasteiger partial charge in [-0.25, -0.2) is 5.48 Å². The third-order valence-electron chi connectivity index (χ3n) is 5.95. The topological polar surface area (TPSA) is 50.8 Å². The molecule has 0 aromatic heterocycles. The SMILES string of the molecule is CC(CCCCCCNC(C)N1CCN(C(C)c2ccccc2)CC1)NO. The third kappa shape index (κ3) is 7.88. The molecule has 3 unspecified atom stereocenters. The van der Waals surface area contributed by atoms with E-state index in [1.54, 1.807) is 0 Å². The number of benzene rings is 1. The predicted octanol–water partition coefficient (Wildman–Crippen LogP) is 3.62. The van der Waals surface area contributed by atoms with Crippen molar-refractivity contribution in [2.45, 2.75) is 71.1 Å². The fourth-order valence-electron chi connectivity index (χ4n) is 3.89. The summed E-state index contributed by atoms with van der Waals surface area (Å²) in [5.74, 6) is 0. The Bertz CT molecular complexity index is 490. The fourth-order valence-corrected chi connectivity index (χ4v) is 3.89. The van der Waals surface area contributed by atoms with E-state index < -0.39 is 0 Å². The van der Waals surface area contributed by atoms with Crippen LogP contribution in [0.15, 0.2) is 30.3 Å². The number of nitrogens with zero attached hydrogens (tertiary/aromatic N) is 2. The maximum Gasteiger partial charge on any atom is 0.0568 e. The molecule has 154 valence electrons. The van der Waals surface area contributed by atoms with Crippen LogP contribution >= 0.6 is 0 Å². The second-order valence-corrected chi connectivity index (χ2v) is 8.02. The standard InChI is InChI=1S/C22H40N4O/c1-19(24-27)11-7-4-5-10-14-23-21(3)26-17-15-25(16-18-26)20(2)22-12-8-6-9-13-22/h6,8-9,12-13,19-21,23-24,27H,4-5,7,10-11,14-18H2,1-3H3. The van der Waals surface area contributed by atoms with Crippen LogP contribution in [-0.4, -0.2) is 59.9 Å². The Balaban J connectivity index is 1.56. The molecule has 2 rings (SSSR count). The van der Waals surface area contributed by atoms with Crippen LogP contribution in [0, 0.1) is 0 Å². The van der Waals surface area contributed by atoms with Crippen molar-refractivity contribution in [1.29, 1.82) is 0 Å². The maximum atomic E-state index is 8.80. The molecule has 1 heterocycles. The van der Waals surface area contributed by atoms with Gasteiger partial charge < -0.3 is 10.5 Å². The Labute approximate surface area is 166 Å². The van der Waals surface area contributed by atoms with Gasteiger partial charge in [0, 0.05) is 38.3 Å². The third-order valence-corrected chi connectivity index (χ3v) is 5.95. The van der Waals surface area contributed by atoms with Crippen LogP contribution in [-0.2, 0) is 0 Å². The van der Waals surface area contributed by atoms with Crippen molar-refractivity contribution in [2.24, 2.45) is 0 Å². The lowest BCUT2D eigenvalue weighted by Gasteiger charge is -2.41. The molecule has 0 bridgehead atoms. The summed E-state index contributed by atoms with van der Waals surface area (Å²) in [6.07, 6.45) is 6.43. The van der Waals surface area contributed by atoms with Crippen molar-refractivity contribution >= 4 is 0 Å². The number of unbranched alkanes of at least 4 members (excludes halogenated alkanes) is 3. The molecule has 0 amide bonds. The molecule has 1 aromatic rings. The van der Waals surface area contributed by atoms with Crippen LogP contribution < -0.4 is 10.8 Å². The monoisotopic (exact) mass is 376 g/mol. The van der Waals surface area contributed by atoms with E-state index in [0.717, 1.165) is 39.1 Å². The van der Waals surface area contributed by atoms with E-state index in [0.29, 0.717) is 12.2 Å². The maximum absolute atomic E-state index is 8.80. The second kappa shape index (κ2) is 12.5. The van der Waals surface area contributed by atoms with Crippen molar-refractivity contribution in [3.8, 4) is 0 Å². The van der Waals surface area contributed by atoms with Gasteiger partial charge in [-0.15, -0.1) is 0 Å². The molecule has 1 aliphatic heterocycles. The van der Waals surface area contributed by atoms with Gasteiger partial charge in [0.1, 0.15) is 0 Å². The van der Waals surface area contributed by atoms with E-state index in [-0.39, 0.29) is 6.04 Å². The van der Waals surface area contributed by atoms with E-state index in [4.69, 9.17) is 5.21 Å². The van der Waals surface area contributed by atoms with Gasteiger partial charge in [-0.3, -0.25) is 9.80 Å². The van der Waals surface area contributed by atoms with Gasteiger partial charge in [0.05, 0.1) is 6.17 Å². The molecule has 1 aromatic carbocycles. The van der Waals surface area contributed by atoms with Crippen molar-refractivity contribution in [1.82, 2.24) is 20.6 Å². The van der Waals surface area contributed by atoms with Crippen molar-refractivity contribution in [3.05, 3.63) is 35.9 Å². The summed E-state index contributed by atoms with van der Waals surface area (Å²) in [4.78, 5) is 5.17. The molecule has 0 saturated carbocycles. The minimum absolute atomic E-state index is 0.214. The second-order valence-electron chi connectivity index (χ2n) is 8.02. The molecule has 5 heteroatoms. The lowest BCUT2D eigenvalue weighted by atomic mass is 10.1. The number of hydrogen-bond donors (Lipinski definition) is 3. The fraction of sp³-hybridized carbons (Fsp3) is 0.727. The van der Waals surface area contributed by atoms with Gasteiger partial charge in [-0.1, -0.05) is 49.6 Å². The molecular formula is C22H40N4O. The Morgan fingerprint density at radius 3 is 2.19 bits per heavy atom. The van der Waals surface area contributed by atoms with Crippen molar-refractivity contribution in [3.63, 3.8) is 0 Å². The van der Waals surface area contributed by atoms with Gasteiger partial charge in [-0.2, -0.15) is 0 Å². The van der Waals surface area contributed by atoms with Crippen LogP contribution in [0.3, 0.4) is 0 Å². The first kappa shape index (κ1) is 22.3. The van der Waals surface area contributed by atoms with E-state index in [2.05, 4.69) is 64.8 Å². The summed E-state index contributed by atoms with van der Waals surface area (Å²) in [6.45, 7) is 12.3. The van der Waals surface area contributed by atoms with Crippen LogP contribution in [0.25, 0.3) is 0 Å². The number of hydrogen-bond acceptors (Lipinski definition) is 5. The van der Waals surface area contributed by atoms with Gasteiger partial charge in [0.15, 0.2) is 0 Å². The lowest BCUT2D eigenvalue weighted by Crippen LogP contribution is -2.54. The Hall–Kier alpha value is -0.980. The molecule has 3 N–H and O–H groups in total. The Morgan fingerprint density at radius 2 is 1.52 bits per heavy atom. The molecule has 1 fully saturated rings. The van der Waals surface area contributed by atoms with Crippen molar-refractivity contribution in [2.75, 3.05) is 32.7 Å². The minimum atomic E-state index is 0.214. The average molecular weight is 377 g/mol. The first-order valence-electron chi connectivity index (χ1n) is 10.8. The minimum Gasteiger partial charge on any atom is -0.317 e. The normalized spacial score (nSPS) is 19.7. The van der Waals surface area contributed by atoms with E-state index >= 15 is 0 Å². The Kier molecular flexibility index (Phi) is 10.3. The number of piperazine rings is 1. The van der Waals surface area contributed by atoms with Crippen LogP contribution in [0.2, 0.25) is 0 Å². The smallest absolute Gasteiger partial charge is 0.0568 e. The van der Waals surface area contributed by atoms with E-state index in [1.165, 1.54) is 31.2 Å². The zero-order valence-electron chi connectivity index (χ0n) is 17.5. The zero-order chi connectivity index (χ0) is 19.5. The van der Waals surface area contributed by atoms with Crippen molar-refractivity contribution < 1.29 is 5.21 Å². The number of nitrogens with one attached hydrogen (secondary N) is 2. The highest BCUT2D eigenvalue weighted by molar-refractivity contribution is 5.18. The molecule has 3 atom stereocenters. The van der Waals surface area contributed by atoms with Gasteiger partial charge in [0.2, 0.25) is 0 Å². The predicted molar refractivity (Wildman–Crippen MR) is 113 cm³/mol. The quantitative estimate of drug-likeness (QED) is 0.384. The van der Waals surface area contributed by atoms with Gasteiger partial charge in [0.25, 0.3) is 0 Å². The zero-order valence-corrected chi connectivity index (χ0v) is 17.5. The molecule has 0 aliphatic carbocycles. The largest absolute Gasteiger partial charge is 0.317 e. The number of rotatable bonds is 12. The molecule has 0 spiro atoms. The highest BCUT2D eigenvalue weighted by Crippen LogP contribution is 2.21. The highest BCUT2D eigenvalue weighted by atomic mass is 16.5. The molecule has 1 saturated heterocycles. The lowest BCUT2D eigenvalue weighted by molar-refractivity contribution is 0.0677. The molecule has 27 heavy (non-hydrogen) atoms.